The van der Waals surface area contributed by atoms with Gasteiger partial charge in [0.2, 0.25) is 0 Å². The number of hydrogen-bond donors (Lipinski definition) is 2. The summed E-state index contributed by atoms with van der Waals surface area (Å²) >= 11 is 11.8. The third kappa shape index (κ3) is 3.37. The van der Waals surface area contributed by atoms with Crippen molar-refractivity contribution in [1.82, 2.24) is 10.6 Å². The molecule has 98 valence electrons. The predicted molar refractivity (Wildman–Crippen MR) is 74.4 cm³/mol. The van der Waals surface area contributed by atoms with Gasteiger partial charge in [-0.05, 0) is 51.1 Å². The van der Waals surface area contributed by atoms with Crippen molar-refractivity contribution in [2.75, 3.05) is 13.1 Å². The normalized spacial score (nSPS) is 18.4. The van der Waals surface area contributed by atoms with Crippen LogP contribution in [0.3, 0.4) is 0 Å². The van der Waals surface area contributed by atoms with Gasteiger partial charge in [-0.25, -0.2) is 0 Å². The summed E-state index contributed by atoms with van der Waals surface area (Å²) in [5.41, 5.74) is 0.351. The van der Waals surface area contributed by atoms with E-state index in [1.807, 2.05) is 0 Å². The molecule has 0 radical (unpaired) electrons. The van der Waals surface area contributed by atoms with Crippen LogP contribution in [0.4, 0.5) is 0 Å². The van der Waals surface area contributed by atoms with Crippen LogP contribution in [0.5, 0.6) is 0 Å². The molecular weight excluding hydrogens is 271 g/mol. The molecule has 1 amide bonds. The molecule has 0 atom stereocenters. The molecule has 0 unspecified atom stereocenters. The van der Waals surface area contributed by atoms with Crippen LogP contribution in [0.1, 0.15) is 30.1 Å². The maximum absolute atomic E-state index is 12.2. The van der Waals surface area contributed by atoms with Crippen molar-refractivity contribution in [2.24, 2.45) is 0 Å². The zero-order valence-electron chi connectivity index (χ0n) is 10.2. The highest BCUT2D eigenvalue weighted by Gasteiger charge is 2.28. The van der Waals surface area contributed by atoms with Gasteiger partial charge >= 0.3 is 0 Å². The van der Waals surface area contributed by atoms with Gasteiger partial charge in [0.05, 0.1) is 0 Å². The average molecular weight is 287 g/mol. The summed E-state index contributed by atoms with van der Waals surface area (Å²) in [4.78, 5) is 12.2. The van der Waals surface area contributed by atoms with Crippen molar-refractivity contribution in [2.45, 2.75) is 25.3 Å². The molecule has 1 aliphatic rings. The molecule has 0 saturated carbocycles. The smallest absolute Gasteiger partial charge is 0.251 e. The Morgan fingerprint density at radius 3 is 2.33 bits per heavy atom. The van der Waals surface area contributed by atoms with Crippen LogP contribution < -0.4 is 10.6 Å². The van der Waals surface area contributed by atoms with Crippen molar-refractivity contribution < 1.29 is 4.79 Å². The Morgan fingerprint density at radius 1 is 1.22 bits per heavy atom. The van der Waals surface area contributed by atoms with E-state index >= 15 is 0 Å². The SMILES string of the molecule is CC1(NC(=O)c2cc(Cl)cc(Cl)c2)CCNCC1. The Hall–Kier alpha value is -0.770. The van der Waals surface area contributed by atoms with Gasteiger partial charge in [0.15, 0.2) is 0 Å². The first-order valence-corrected chi connectivity index (χ1v) is 6.73. The largest absolute Gasteiger partial charge is 0.347 e. The van der Waals surface area contributed by atoms with Gasteiger partial charge in [-0.15, -0.1) is 0 Å². The van der Waals surface area contributed by atoms with E-state index in [9.17, 15) is 4.79 Å². The highest BCUT2D eigenvalue weighted by molar-refractivity contribution is 6.35. The Morgan fingerprint density at radius 2 is 1.78 bits per heavy atom. The number of carbonyl (C=O) groups excluding carboxylic acids is 1. The van der Waals surface area contributed by atoms with E-state index < -0.39 is 0 Å². The molecule has 0 aromatic heterocycles. The van der Waals surface area contributed by atoms with Crippen molar-refractivity contribution in [3.05, 3.63) is 33.8 Å². The number of hydrogen-bond acceptors (Lipinski definition) is 2. The second-order valence-corrected chi connectivity index (χ2v) is 5.80. The van der Waals surface area contributed by atoms with Gasteiger partial charge in [0.1, 0.15) is 0 Å². The molecular formula is C13H16Cl2N2O. The van der Waals surface area contributed by atoms with E-state index in [0.717, 1.165) is 25.9 Å². The van der Waals surface area contributed by atoms with E-state index in [2.05, 4.69) is 17.6 Å². The molecule has 2 N–H and O–H groups in total. The standard InChI is InChI=1S/C13H16Cl2N2O/c1-13(2-4-16-5-3-13)17-12(18)9-6-10(14)8-11(15)7-9/h6-8,16H,2-5H2,1H3,(H,17,18). The van der Waals surface area contributed by atoms with E-state index in [4.69, 9.17) is 23.2 Å². The van der Waals surface area contributed by atoms with Gasteiger partial charge in [-0.2, -0.15) is 0 Å². The molecule has 1 aliphatic heterocycles. The molecule has 0 aliphatic carbocycles. The fourth-order valence-electron chi connectivity index (χ4n) is 2.13. The van der Waals surface area contributed by atoms with Crippen molar-refractivity contribution in [1.29, 1.82) is 0 Å². The highest BCUT2D eigenvalue weighted by Crippen LogP contribution is 2.21. The summed E-state index contributed by atoms with van der Waals surface area (Å²) < 4.78 is 0. The molecule has 1 saturated heterocycles. The molecule has 3 nitrogen and oxygen atoms in total. The minimum atomic E-state index is -0.156. The number of rotatable bonds is 2. The number of halogens is 2. The lowest BCUT2D eigenvalue weighted by Crippen LogP contribution is -2.52. The number of amides is 1. The van der Waals surface area contributed by atoms with Crippen molar-refractivity contribution >= 4 is 29.1 Å². The van der Waals surface area contributed by atoms with Crippen molar-refractivity contribution in [3.63, 3.8) is 0 Å². The Kier molecular flexibility index (Phi) is 4.15. The zero-order valence-corrected chi connectivity index (χ0v) is 11.7. The highest BCUT2D eigenvalue weighted by atomic mass is 35.5. The summed E-state index contributed by atoms with van der Waals surface area (Å²) in [6, 6.07) is 4.88. The van der Waals surface area contributed by atoms with Crippen molar-refractivity contribution in [3.8, 4) is 0 Å². The second-order valence-electron chi connectivity index (χ2n) is 4.92. The zero-order chi connectivity index (χ0) is 13.2. The van der Waals surface area contributed by atoms with Gasteiger partial charge < -0.3 is 10.6 Å². The first-order chi connectivity index (χ1) is 8.48. The van der Waals surface area contributed by atoms with E-state index in [1.165, 1.54) is 0 Å². The lowest BCUT2D eigenvalue weighted by Gasteiger charge is -2.35. The maximum atomic E-state index is 12.2. The lowest BCUT2D eigenvalue weighted by molar-refractivity contribution is 0.0887. The molecule has 18 heavy (non-hydrogen) atoms. The Labute approximate surface area is 117 Å². The lowest BCUT2D eigenvalue weighted by atomic mass is 9.90. The van der Waals surface area contributed by atoms with Crippen LogP contribution in [-0.2, 0) is 0 Å². The number of piperidine rings is 1. The number of carbonyl (C=O) groups is 1. The molecule has 1 heterocycles. The quantitative estimate of drug-likeness (QED) is 0.878. The summed E-state index contributed by atoms with van der Waals surface area (Å²) in [6.07, 6.45) is 1.85. The first-order valence-electron chi connectivity index (χ1n) is 5.98. The van der Waals surface area contributed by atoms with Gasteiger partial charge in [-0.1, -0.05) is 23.2 Å². The molecule has 1 aromatic carbocycles. The third-order valence-corrected chi connectivity index (χ3v) is 3.68. The molecule has 0 bridgehead atoms. The van der Waals surface area contributed by atoms with Gasteiger partial charge in [-0.3, -0.25) is 4.79 Å². The average Bonchev–Trinajstić information content (AvgIpc) is 2.28. The monoisotopic (exact) mass is 286 g/mol. The van der Waals surface area contributed by atoms with Crippen LogP contribution in [0.25, 0.3) is 0 Å². The number of benzene rings is 1. The van der Waals surface area contributed by atoms with Crippen LogP contribution in [-0.4, -0.2) is 24.5 Å². The molecule has 2 rings (SSSR count). The molecule has 0 spiro atoms. The van der Waals surface area contributed by atoms with Crippen LogP contribution in [0, 0.1) is 0 Å². The summed E-state index contributed by atoms with van der Waals surface area (Å²) in [6.45, 7) is 3.91. The molecule has 5 heteroatoms. The fraction of sp³-hybridized carbons (Fsp3) is 0.462. The van der Waals surface area contributed by atoms with E-state index in [0.29, 0.717) is 15.6 Å². The topological polar surface area (TPSA) is 41.1 Å². The van der Waals surface area contributed by atoms with Gasteiger partial charge in [0, 0.05) is 21.1 Å². The maximum Gasteiger partial charge on any atom is 0.251 e. The molecule has 1 fully saturated rings. The minimum absolute atomic E-state index is 0.121. The van der Waals surface area contributed by atoms with Crippen LogP contribution in [0.15, 0.2) is 18.2 Å². The fourth-order valence-corrected chi connectivity index (χ4v) is 2.66. The second kappa shape index (κ2) is 5.47. The van der Waals surface area contributed by atoms with E-state index in [-0.39, 0.29) is 11.4 Å². The third-order valence-electron chi connectivity index (χ3n) is 3.25. The van der Waals surface area contributed by atoms with E-state index in [1.54, 1.807) is 18.2 Å². The summed E-state index contributed by atoms with van der Waals surface area (Å²) in [5.74, 6) is -0.121. The number of nitrogens with one attached hydrogen (secondary N) is 2. The Balaban J connectivity index is 2.11. The predicted octanol–water partition coefficient (Wildman–Crippen LogP) is 2.87. The summed E-state index contributed by atoms with van der Waals surface area (Å²) in [7, 11) is 0. The molecule has 1 aromatic rings. The van der Waals surface area contributed by atoms with Crippen LogP contribution in [0.2, 0.25) is 10.0 Å². The minimum Gasteiger partial charge on any atom is -0.347 e. The summed E-state index contributed by atoms with van der Waals surface area (Å²) in [5, 5.41) is 7.30. The van der Waals surface area contributed by atoms with Gasteiger partial charge in [0.25, 0.3) is 5.91 Å². The Bertz CT molecular complexity index is 436. The van der Waals surface area contributed by atoms with Crippen LogP contribution >= 0.6 is 23.2 Å². The first kappa shape index (κ1) is 13.7.